The lowest BCUT2D eigenvalue weighted by molar-refractivity contribution is 0.774. The van der Waals surface area contributed by atoms with Crippen LogP contribution in [-0.2, 0) is 0 Å². The molecule has 2 aromatic rings. The second kappa shape index (κ2) is 6.20. The van der Waals surface area contributed by atoms with Crippen molar-refractivity contribution in [3.05, 3.63) is 41.2 Å². The number of hydrazine groups is 1. The number of nitrogen functional groups attached to an aromatic ring is 1. The van der Waals surface area contributed by atoms with Crippen LogP contribution < -0.4 is 16.6 Å². The molecule has 1 aromatic carbocycles. The number of nitrogens with zero attached hydrogens (tertiary/aromatic N) is 3. The van der Waals surface area contributed by atoms with Gasteiger partial charge in [-0.1, -0.05) is 13.8 Å². The van der Waals surface area contributed by atoms with Crippen molar-refractivity contribution in [2.45, 2.75) is 26.7 Å². The number of aromatic nitrogens is 2. The molecule has 108 valence electrons. The lowest BCUT2D eigenvalue weighted by atomic mass is 10.2. The zero-order valence-corrected chi connectivity index (χ0v) is 12.3. The quantitative estimate of drug-likeness (QED) is 0.589. The third kappa shape index (κ3) is 3.27. The van der Waals surface area contributed by atoms with Crippen molar-refractivity contribution in [2.75, 3.05) is 10.7 Å². The summed E-state index contributed by atoms with van der Waals surface area (Å²) in [5.41, 5.74) is 4.91. The Balaban J connectivity index is 2.37. The fraction of sp³-hybridized carbons (Fsp3) is 0.267. The highest BCUT2D eigenvalue weighted by atomic mass is 15.3. The normalized spacial score (nSPS) is 10.3. The summed E-state index contributed by atoms with van der Waals surface area (Å²) in [5.74, 6) is 7.72. The van der Waals surface area contributed by atoms with E-state index in [4.69, 9.17) is 11.1 Å². The Kier molecular flexibility index (Phi) is 4.36. The van der Waals surface area contributed by atoms with Gasteiger partial charge in [0, 0.05) is 17.2 Å². The lowest BCUT2D eigenvalue weighted by Crippen LogP contribution is -2.14. The predicted molar refractivity (Wildman–Crippen MR) is 83.1 cm³/mol. The Morgan fingerprint density at radius 2 is 1.76 bits per heavy atom. The van der Waals surface area contributed by atoms with Crippen molar-refractivity contribution >= 4 is 17.3 Å². The molecule has 0 spiro atoms. The first-order valence-electron chi connectivity index (χ1n) is 6.67. The molecular weight excluding hydrogens is 264 g/mol. The molecule has 0 saturated carbocycles. The van der Waals surface area contributed by atoms with Gasteiger partial charge in [0.2, 0.25) is 0 Å². The monoisotopic (exact) mass is 282 g/mol. The molecule has 0 aliphatic heterocycles. The van der Waals surface area contributed by atoms with E-state index in [1.807, 2.05) is 32.9 Å². The summed E-state index contributed by atoms with van der Waals surface area (Å²) in [6.45, 7) is 5.94. The van der Waals surface area contributed by atoms with Crippen LogP contribution in [0.15, 0.2) is 24.3 Å². The highest BCUT2D eigenvalue weighted by Crippen LogP contribution is 2.25. The number of nitriles is 1. The summed E-state index contributed by atoms with van der Waals surface area (Å²) < 4.78 is 0. The van der Waals surface area contributed by atoms with E-state index in [9.17, 15) is 0 Å². The predicted octanol–water partition coefficient (Wildman–Crippen LogP) is 2.81. The molecule has 6 heteroatoms. The molecule has 6 nitrogen and oxygen atoms in total. The molecular formula is C15H18N6. The van der Waals surface area contributed by atoms with E-state index in [0.717, 1.165) is 11.3 Å². The van der Waals surface area contributed by atoms with Gasteiger partial charge in [0.15, 0.2) is 0 Å². The number of benzene rings is 1. The molecule has 0 bridgehead atoms. The van der Waals surface area contributed by atoms with Gasteiger partial charge in [-0.2, -0.15) is 5.26 Å². The molecule has 21 heavy (non-hydrogen) atoms. The molecule has 4 N–H and O–H groups in total. The smallest absolute Gasteiger partial charge is 0.148 e. The first kappa shape index (κ1) is 14.8. The van der Waals surface area contributed by atoms with Crippen LogP contribution in [0.1, 0.15) is 36.7 Å². The van der Waals surface area contributed by atoms with Gasteiger partial charge in [-0.05, 0) is 31.2 Å². The van der Waals surface area contributed by atoms with Crippen molar-refractivity contribution in [3.63, 3.8) is 0 Å². The summed E-state index contributed by atoms with van der Waals surface area (Å²) >= 11 is 0. The van der Waals surface area contributed by atoms with Crippen molar-refractivity contribution in [1.29, 1.82) is 5.26 Å². The van der Waals surface area contributed by atoms with Gasteiger partial charge in [-0.3, -0.25) is 0 Å². The van der Waals surface area contributed by atoms with Gasteiger partial charge in [0.05, 0.1) is 11.6 Å². The van der Waals surface area contributed by atoms with Crippen molar-refractivity contribution in [3.8, 4) is 6.07 Å². The Bertz CT molecular complexity index is 670. The number of nitrogens with one attached hydrogen (secondary N) is 2. The molecule has 0 aliphatic carbocycles. The zero-order valence-electron chi connectivity index (χ0n) is 12.3. The molecule has 0 unspecified atom stereocenters. The Hall–Kier alpha value is -2.65. The van der Waals surface area contributed by atoms with Crippen LogP contribution in [0.4, 0.5) is 17.3 Å². The van der Waals surface area contributed by atoms with Gasteiger partial charge in [0.25, 0.3) is 0 Å². The fourth-order valence-electron chi connectivity index (χ4n) is 1.82. The van der Waals surface area contributed by atoms with Gasteiger partial charge in [-0.25, -0.2) is 15.8 Å². The third-order valence-corrected chi connectivity index (χ3v) is 3.09. The number of hydrogen-bond acceptors (Lipinski definition) is 6. The summed E-state index contributed by atoms with van der Waals surface area (Å²) in [6.07, 6.45) is 0. The molecule has 2 rings (SSSR count). The summed E-state index contributed by atoms with van der Waals surface area (Å²) in [7, 11) is 0. The molecule has 0 saturated heterocycles. The lowest BCUT2D eigenvalue weighted by Gasteiger charge is -2.15. The average molecular weight is 282 g/mol. The fourth-order valence-corrected chi connectivity index (χ4v) is 1.82. The number of nitrogens with two attached hydrogens (primary N) is 1. The largest absolute Gasteiger partial charge is 0.340 e. The van der Waals surface area contributed by atoms with Crippen molar-refractivity contribution < 1.29 is 0 Å². The van der Waals surface area contributed by atoms with E-state index in [-0.39, 0.29) is 5.92 Å². The van der Waals surface area contributed by atoms with Crippen molar-refractivity contribution in [2.24, 2.45) is 5.84 Å². The maximum Gasteiger partial charge on any atom is 0.148 e. The molecule has 0 aliphatic rings. The Morgan fingerprint density at radius 3 is 2.29 bits per heavy atom. The van der Waals surface area contributed by atoms with Crippen LogP contribution in [0, 0.1) is 18.3 Å². The second-order valence-corrected chi connectivity index (χ2v) is 5.02. The highest BCUT2D eigenvalue weighted by Gasteiger charge is 2.12. The average Bonchev–Trinajstić information content (AvgIpc) is 2.49. The number of anilines is 3. The minimum absolute atomic E-state index is 0.194. The molecule has 1 heterocycles. The molecule has 0 fully saturated rings. The molecule has 1 aromatic heterocycles. The van der Waals surface area contributed by atoms with Crippen LogP contribution in [0.25, 0.3) is 0 Å². The van der Waals surface area contributed by atoms with E-state index in [0.29, 0.717) is 23.0 Å². The Labute approximate surface area is 124 Å². The summed E-state index contributed by atoms with van der Waals surface area (Å²) in [4.78, 5) is 8.93. The van der Waals surface area contributed by atoms with E-state index in [1.165, 1.54) is 0 Å². The summed E-state index contributed by atoms with van der Waals surface area (Å²) in [5, 5.41) is 12.1. The van der Waals surface area contributed by atoms with Crippen LogP contribution in [0.5, 0.6) is 0 Å². The van der Waals surface area contributed by atoms with Crippen LogP contribution >= 0.6 is 0 Å². The number of rotatable bonds is 4. The zero-order chi connectivity index (χ0) is 15.4. The first-order valence-corrected chi connectivity index (χ1v) is 6.67. The maximum atomic E-state index is 8.81. The second-order valence-electron chi connectivity index (χ2n) is 5.02. The van der Waals surface area contributed by atoms with E-state index >= 15 is 0 Å². The van der Waals surface area contributed by atoms with E-state index in [2.05, 4.69) is 26.8 Å². The first-order chi connectivity index (χ1) is 10.0. The summed E-state index contributed by atoms with van der Waals surface area (Å²) in [6, 6.07) is 9.28. The van der Waals surface area contributed by atoms with E-state index in [1.54, 1.807) is 12.1 Å². The topological polar surface area (TPSA) is 99.7 Å². The van der Waals surface area contributed by atoms with Crippen LogP contribution in [0.3, 0.4) is 0 Å². The molecule has 0 amide bonds. The third-order valence-electron chi connectivity index (χ3n) is 3.09. The standard InChI is InChI=1S/C15H18N6/c1-9(2)13-19-14(10(3)15(20-13)21-17)18-12-6-4-11(8-16)5-7-12/h4-7,9H,17H2,1-3H3,(H2,18,19,20,21). The molecule has 0 atom stereocenters. The Morgan fingerprint density at radius 1 is 1.14 bits per heavy atom. The minimum atomic E-state index is 0.194. The van der Waals surface area contributed by atoms with Gasteiger partial charge in [0.1, 0.15) is 17.5 Å². The van der Waals surface area contributed by atoms with Gasteiger partial charge < -0.3 is 10.7 Å². The molecule has 0 radical (unpaired) electrons. The van der Waals surface area contributed by atoms with Crippen molar-refractivity contribution in [1.82, 2.24) is 9.97 Å². The van der Waals surface area contributed by atoms with E-state index < -0.39 is 0 Å². The highest BCUT2D eigenvalue weighted by molar-refractivity contribution is 5.65. The maximum absolute atomic E-state index is 8.81. The SMILES string of the molecule is Cc1c(NN)nc(C(C)C)nc1Nc1ccc(C#N)cc1. The van der Waals surface area contributed by atoms with Crippen LogP contribution in [0.2, 0.25) is 0 Å². The van der Waals surface area contributed by atoms with Gasteiger partial charge >= 0.3 is 0 Å². The number of hydrogen-bond donors (Lipinski definition) is 3. The van der Waals surface area contributed by atoms with Crippen LogP contribution in [-0.4, -0.2) is 9.97 Å². The minimum Gasteiger partial charge on any atom is -0.340 e. The van der Waals surface area contributed by atoms with Gasteiger partial charge in [-0.15, -0.1) is 0 Å².